The molecule has 0 amide bonds. The molecule has 0 aromatic heterocycles. The first kappa shape index (κ1) is 16.5. The van der Waals surface area contributed by atoms with Gasteiger partial charge < -0.3 is 9.90 Å². The standard InChI is InChI=1S/C6H11NO3.C4H10O/c1-2-6(5-8)3-4-7(9)10;1-2-3-4-5/h5-6H,2-4H2,1H3;5H,2-4H2,1H3. The summed E-state index contributed by atoms with van der Waals surface area (Å²) in [6.45, 7) is 4.14. The van der Waals surface area contributed by atoms with Gasteiger partial charge in [-0.1, -0.05) is 20.3 Å². The third kappa shape index (κ3) is 15.8. The summed E-state index contributed by atoms with van der Waals surface area (Å²) in [5, 5.41) is 17.9. The van der Waals surface area contributed by atoms with E-state index in [2.05, 4.69) is 6.92 Å². The van der Waals surface area contributed by atoms with Crippen LogP contribution in [0.4, 0.5) is 0 Å². The van der Waals surface area contributed by atoms with Crippen molar-refractivity contribution >= 4 is 6.29 Å². The number of hydrogen-bond acceptors (Lipinski definition) is 4. The number of nitrogens with zero attached hydrogens (tertiary/aromatic N) is 1. The van der Waals surface area contributed by atoms with E-state index in [9.17, 15) is 14.9 Å². The van der Waals surface area contributed by atoms with Gasteiger partial charge in [0.25, 0.3) is 0 Å². The Kier molecular flexibility index (Phi) is 14.3. The average Bonchev–Trinajstić information content (AvgIpc) is 2.21. The SMILES string of the molecule is CCC(C=O)CC[N+](=O)[O-].CCCCO. The second kappa shape index (κ2) is 13.0. The van der Waals surface area contributed by atoms with E-state index in [1.807, 2.05) is 6.92 Å². The van der Waals surface area contributed by atoms with Gasteiger partial charge in [0.15, 0.2) is 0 Å². The zero-order valence-electron chi connectivity index (χ0n) is 9.52. The smallest absolute Gasteiger partial charge is 0.204 e. The van der Waals surface area contributed by atoms with Crippen LogP contribution in [0.5, 0.6) is 0 Å². The highest BCUT2D eigenvalue weighted by Crippen LogP contribution is 2.03. The number of aldehydes is 1. The maximum Gasteiger partial charge on any atom is 0.204 e. The molecule has 0 aliphatic carbocycles. The lowest BCUT2D eigenvalue weighted by molar-refractivity contribution is -0.481. The molecule has 1 atom stereocenters. The van der Waals surface area contributed by atoms with Crippen molar-refractivity contribution in [3.8, 4) is 0 Å². The molecule has 0 aromatic rings. The largest absolute Gasteiger partial charge is 0.396 e. The van der Waals surface area contributed by atoms with Gasteiger partial charge in [-0.15, -0.1) is 0 Å². The minimum atomic E-state index is -0.397. The van der Waals surface area contributed by atoms with Crippen LogP contribution in [-0.2, 0) is 4.79 Å². The number of unbranched alkanes of at least 4 members (excludes halogenated alkanes) is 1. The lowest BCUT2D eigenvalue weighted by Gasteiger charge is -2.00. The van der Waals surface area contributed by atoms with Crippen LogP contribution in [0.2, 0.25) is 0 Å². The third-order valence-electron chi connectivity index (χ3n) is 1.91. The summed E-state index contributed by atoms with van der Waals surface area (Å²) in [5.41, 5.74) is 0. The second-order valence-corrected chi connectivity index (χ2v) is 3.23. The first-order chi connectivity index (χ1) is 7.12. The Morgan fingerprint density at radius 1 is 1.47 bits per heavy atom. The van der Waals surface area contributed by atoms with Crippen LogP contribution in [-0.4, -0.2) is 29.5 Å². The molecule has 0 saturated carbocycles. The van der Waals surface area contributed by atoms with Crippen LogP contribution in [0.3, 0.4) is 0 Å². The van der Waals surface area contributed by atoms with Crippen molar-refractivity contribution in [2.45, 2.75) is 39.5 Å². The van der Waals surface area contributed by atoms with Crippen molar-refractivity contribution in [2.24, 2.45) is 5.92 Å². The minimum Gasteiger partial charge on any atom is -0.396 e. The summed E-state index contributed by atoms with van der Waals surface area (Å²) in [6, 6.07) is 0. The number of aliphatic hydroxyl groups is 1. The van der Waals surface area contributed by atoms with E-state index in [4.69, 9.17) is 5.11 Å². The summed E-state index contributed by atoms with van der Waals surface area (Å²) in [5.74, 6) is -0.134. The van der Waals surface area contributed by atoms with Crippen LogP contribution in [0.1, 0.15) is 39.5 Å². The zero-order chi connectivity index (χ0) is 12.1. The fourth-order valence-corrected chi connectivity index (χ4v) is 0.798. The zero-order valence-corrected chi connectivity index (χ0v) is 9.52. The maximum absolute atomic E-state index is 10.1. The Labute approximate surface area is 90.6 Å². The predicted octanol–water partition coefficient (Wildman–Crippen LogP) is 1.66. The molecule has 0 heterocycles. The van der Waals surface area contributed by atoms with Gasteiger partial charge in [0.05, 0.1) is 0 Å². The average molecular weight is 219 g/mol. The Hall–Kier alpha value is -0.970. The summed E-state index contributed by atoms with van der Waals surface area (Å²) in [4.78, 5) is 19.6. The monoisotopic (exact) mass is 219 g/mol. The molecule has 0 spiro atoms. The van der Waals surface area contributed by atoms with Crippen LogP contribution < -0.4 is 0 Å². The topological polar surface area (TPSA) is 80.4 Å². The van der Waals surface area contributed by atoms with Gasteiger partial charge >= 0.3 is 0 Å². The van der Waals surface area contributed by atoms with Gasteiger partial charge in [-0.05, 0) is 12.8 Å². The van der Waals surface area contributed by atoms with Crippen molar-refractivity contribution < 1.29 is 14.8 Å². The lowest BCUT2D eigenvalue weighted by atomic mass is 10.1. The van der Waals surface area contributed by atoms with Crippen molar-refractivity contribution in [2.75, 3.05) is 13.2 Å². The highest BCUT2D eigenvalue weighted by molar-refractivity contribution is 5.53. The van der Waals surface area contributed by atoms with Gasteiger partial charge in [0.2, 0.25) is 6.54 Å². The first-order valence-corrected chi connectivity index (χ1v) is 5.30. The molecular formula is C10H21NO4. The quantitative estimate of drug-likeness (QED) is 0.401. The van der Waals surface area contributed by atoms with Gasteiger partial charge in [0.1, 0.15) is 6.29 Å². The van der Waals surface area contributed by atoms with Gasteiger partial charge in [-0.3, -0.25) is 10.1 Å². The van der Waals surface area contributed by atoms with Crippen molar-refractivity contribution in [3.63, 3.8) is 0 Å². The number of hydrogen-bond donors (Lipinski definition) is 1. The predicted molar refractivity (Wildman–Crippen MR) is 58.3 cm³/mol. The van der Waals surface area contributed by atoms with Gasteiger partial charge in [0, 0.05) is 23.9 Å². The first-order valence-electron chi connectivity index (χ1n) is 5.30. The third-order valence-corrected chi connectivity index (χ3v) is 1.91. The molecule has 0 saturated heterocycles. The molecular weight excluding hydrogens is 198 g/mol. The van der Waals surface area contributed by atoms with Crippen molar-refractivity contribution in [3.05, 3.63) is 10.1 Å². The van der Waals surface area contributed by atoms with E-state index in [0.29, 0.717) is 19.4 Å². The molecule has 15 heavy (non-hydrogen) atoms. The van der Waals surface area contributed by atoms with Gasteiger partial charge in [-0.25, -0.2) is 0 Å². The van der Waals surface area contributed by atoms with Gasteiger partial charge in [-0.2, -0.15) is 0 Å². The lowest BCUT2D eigenvalue weighted by Crippen LogP contribution is -2.08. The Bertz CT molecular complexity index is 160. The van der Waals surface area contributed by atoms with Crippen LogP contribution >= 0.6 is 0 Å². The normalized spacial score (nSPS) is 11.1. The highest BCUT2D eigenvalue weighted by Gasteiger charge is 2.07. The molecule has 1 N–H and O–H groups in total. The van der Waals surface area contributed by atoms with E-state index >= 15 is 0 Å². The fourth-order valence-electron chi connectivity index (χ4n) is 0.798. The molecule has 0 radical (unpaired) electrons. The minimum absolute atomic E-state index is 0.1000. The van der Waals surface area contributed by atoms with E-state index in [1.54, 1.807) is 0 Å². The fraction of sp³-hybridized carbons (Fsp3) is 0.900. The molecule has 0 aliphatic rings. The summed E-state index contributed by atoms with van der Waals surface area (Å²) in [7, 11) is 0. The maximum atomic E-state index is 10.1. The molecule has 0 bridgehead atoms. The number of nitro groups is 1. The van der Waals surface area contributed by atoms with Crippen molar-refractivity contribution in [1.29, 1.82) is 0 Å². The number of carbonyl (C=O) groups excluding carboxylic acids is 1. The van der Waals surface area contributed by atoms with E-state index in [1.165, 1.54) is 0 Å². The summed E-state index contributed by atoms with van der Waals surface area (Å²) >= 11 is 0. The molecule has 1 unspecified atom stereocenters. The Morgan fingerprint density at radius 2 is 2.07 bits per heavy atom. The number of aliphatic hydroxyl groups excluding tert-OH is 1. The summed E-state index contributed by atoms with van der Waals surface area (Å²) in [6.07, 6.45) is 3.88. The Morgan fingerprint density at radius 3 is 2.27 bits per heavy atom. The molecule has 5 nitrogen and oxygen atoms in total. The van der Waals surface area contributed by atoms with E-state index in [-0.39, 0.29) is 12.5 Å². The highest BCUT2D eigenvalue weighted by atomic mass is 16.6. The molecule has 0 aliphatic heterocycles. The number of rotatable bonds is 7. The van der Waals surface area contributed by atoms with Crippen LogP contribution in [0.25, 0.3) is 0 Å². The van der Waals surface area contributed by atoms with E-state index < -0.39 is 4.92 Å². The number of carbonyl (C=O) groups is 1. The van der Waals surface area contributed by atoms with Crippen LogP contribution in [0, 0.1) is 16.0 Å². The van der Waals surface area contributed by atoms with Crippen LogP contribution in [0.15, 0.2) is 0 Å². The molecule has 90 valence electrons. The summed E-state index contributed by atoms with van der Waals surface area (Å²) < 4.78 is 0. The molecule has 0 rings (SSSR count). The Balaban J connectivity index is 0. The molecule has 0 aromatic carbocycles. The van der Waals surface area contributed by atoms with Crippen molar-refractivity contribution in [1.82, 2.24) is 0 Å². The molecule has 5 heteroatoms. The molecule has 0 fully saturated rings. The van der Waals surface area contributed by atoms with E-state index in [0.717, 1.165) is 19.1 Å². The second-order valence-electron chi connectivity index (χ2n) is 3.23.